The average molecular weight is 342 g/mol. The summed E-state index contributed by atoms with van der Waals surface area (Å²) in [6.07, 6.45) is 0. The Labute approximate surface area is 144 Å². The fourth-order valence-corrected chi connectivity index (χ4v) is 2.18. The van der Waals surface area contributed by atoms with Crippen molar-refractivity contribution in [2.75, 3.05) is 24.9 Å². The van der Waals surface area contributed by atoms with Crippen molar-refractivity contribution < 1.29 is 23.9 Å². The number of rotatable bonds is 6. The van der Waals surface area contributed by atoms with Gasteiger partial charge in [0.25, 0.3) is 11.7 Å². The summed E-state index contributed by atoms with van der Waals surface area (Å²) in [5.41, 5.74) is 0.707. The van der Waals surface area contributed by atoms with Crippen LogP contribution in [0.5, 0.6) is 11.5 Å². The fraction of sp³-hybridized carbons (Fsp3) is 0.167. The second-order valence-electron chi connectivity index (χ2n) is 5.08. The molecule has 2 rings (SSSR count). The Morgan fingerprint density at radius 1 is 0.880 bits per heavy atom. The summed E-state index contributed by atoms with van der Waals surface area (Å²) in [6.45, 7) is 1.32. The summed E-state index contributed by atoms with van der Waals surface area (Å²) in [7, 11) is 2.95. The number of amides is 2. The molecule has 2 aromatic rings. The van der Waals surface area contributed by atoms with Crippen molar-refractivity contribution in [1.29, 1.82) is 0 Å². The maximum atomic E-state index is 12.4. The second-order valence-corrected chi connectivity index (χ2v) is 5.08. The van der Waals surface area contributed by atoms with Crippen LogP contribution >= 0.6 is 0 Å². The van der Waals surface area contributed by atoms with Crippen molar-refractivity contribution in [3.05, 3.63) is 48.0 Å². The minimum absolute atomic E-state index is 0.0997. The van der Waals surface area contributed by atoms with E-state index in [-0.39, 0.29) is 17.2 Å². The maximum Gasteiger partial charge on any atom is 0.296 e. The summed E-state index contributed by atoms with van der Waals surface area (Å²) in [4.78, 5) is 36.0. The smallest absolute Gasteiger partial charge is 0.296 e. The van der Waals surface area contributed by atoms with Gasteiger partial charge >= 0.3 is 0 Å². The van der Waals surface area contributed by atoms with E-state index in [1.165, 1.54) is 27.2 Å². The molecule has 0 radical (unpaired) electrons. The molecule has 0 aliphatic heterocycles. The quantitative estimate of drug-likeness (QED) is 0.621. The van der Waals surface area contributed by atoms with E-state index in [0.717, 1.165) is 0 Å². The molecule has 2 amide bonds. The van der Waals surface area contributed by atoms with Crippen LogP contribution < -0.4 is 20.1 Å². The van der Waals surface area contributed by atoms with Crippen LogP contribution in [0.1, 0.15) is 17.3 Å². The van der Waals surface area contributed by atoms with Gasteiger partial charge in [-0.15, -0.1) is 0 Å². The molecule has 0 heterocycles. The van der Waals surface area contributed by atoms with E-state index in [4.69, 9.17) is 9.47 Å². The van der Waals surface area contributed by atoms with Gasteiger partial charge in [0.15, 0.2) is 0 Å². The highest BCUT2D eigenvalue weighted by Gasteiger charge is 2.21. The molecule has 7 nitrogen and oxygen atoms in total. The van der Waals surface area contributed by atoms with Gasteiger partial charge in [-0.2, -0.15) is 0 Å². The first-order valence-electron chi connectivity index (χ1n) is 7.40. The molecule has 0 aliphatic carbocycles. The summed E-state index contributed by atoms with van der Waals surface area (Å²) in [6, 6.07) is 11.1. The third-order valence-corrected chi connectivity index (χ3v) is 3.35. The third-order valence-electron chi connectivity index (χ3n) is 3.35. The first-order chi connectivity index (χ1) is 12.0. The van der Waals surface area contributed by atoms with Gasteiger partial charge in [-0.3, -0.25) is 14.4 Å². The van der Waals surface area contributed by atoms with Crippen molar-refractivity contribution in [3.8, 4) is 11.5 Å². The number of methoxy groups -OCH3 is 2. The summed E-state index contributed by atoms with van der Waals surface area (Å²) >= 11 is 0. The lowest BCUT2D eigenvalue weighted by Crippen LogP contribution is -2.24. The van der Waals surface area contributed by atoms with Crippen LogP contribution in [0, 0.1) is 0 Å². The van der Waals surface area contributed by atoms with E-state index in [1.54, 1.807) is 36.4 Å². The van der Waals surface area contributed by atoms with Crippen LogP contribution in [0.3, 0.4) is 0 Å². The Morgan fingerprint density at radius 2 is 1.60 bits per heavy atom. The Bertz CT molecular complexity index is 817. The summed E-state index contributed by atoms with van der Waals surface area (Å²) < 4.78 is 10.3. The second kappa shape index (κ2) is 7.96. The van der Waals surface area contributed by atoms with Crippen molar-refractivity contribution in [1.82, 2.24) is 0 Å². The van der Waals surface area contributed by atoms with Gasteiger partial charge in [0.05, 0.1) is 31.2 Å². The topological polar surface area (TPSA) is 93.7 Å². The number of Topliss-reactive ketones (excluding diaryl/α,β-unsaturated/α-hetero) is 1. The molecule has 0 aromatic heterocycles. The SMILES string of the molecule is COc1ccc(NC(=O)C(=O)c2ccccc2NC(C)=O)c(OC)c1. The molecular formula is C18H18N2O5. The molecule has 25 heavy (non-hydrogen) atoms. The molecule has 0 aliphatic rings. The Balaban J connectivity index is 2.25. The highest BCUT2D eigenvalue weighted by atomic mass is 16.5. The molecule has 0 saturated heterocycles. The van der Waals surface area contributed by atoms with E-state index in [1.807, 2.05) is 0 Å². The van der Waals surface area contributed by atoms with Crippen LogP contribution in [-0.2, 0) is 9.59 Å². The van der Waals surface area contributed by atoms with Gasteiger partial charge in [0.2, 0.25) is 5.91 Å². The average Bonchev–Trinajstić information content (AvgIpc) is 2.61. The molecule has 0 unspecified atom stereocenters. The molecule has 130 valence electrons. The predicted octanol–water partition coefficient (Wildman–Crippen LogP) is 2.48. The van der Waals surface area contributed by atoms with Crippen LogP contribution in [0.25, 0.3) is 0 Å². The zero-order chi connectivity index (χ0) is 18.4. The number of hydrogen-bond donors (Lipinski definition) is 2. The van der Waals surface area contributed by atoms with Crippen molar-refractivity contribution in [2.45, 2.75) is 6.92 Å². The summed E-state index contributed by atoms with van der Waals surface area (Å²) in [5, 5.41) is 5.04. The summed E-state index contributed by atoms with van der Waals surface area (Å²) in [5.74, 6) is -1.05. The minimum Gasteiger partial charge on any atom is -0.497 e. The van der Waals surface area contributed by atoms with Gasteiger partial charge in [-0.25, -0.2) is 0 Å². The number of ether oxygens (including phenoxy) is 2. The van der Waals surface area contributed by atoms with Crippen molar-refractivity contribution >= 4 is 29.0 Å². The van der Waals surface area contributed by atoms with E-state index in [9.17, 15) is 14.4 Å². The number of nitrogens with one attached hydrogen (secondary N) is 2. The Morgan fingerprint density at radius 3 is 2.24 bits per heavy atom. The van der Waals surface area contributed by atoms with Crippen LogP contribution in [0.15, 0.2) is 42.5 Å². The zero-order valence-electron chi connectivity index (χ0n) is 14.1. The van der Waals surface area contributed by atoms with Gasteiger partial charge < -0.3 is 20.1 Å². The molecule has 2 N–H and O–H groups in total. The first-order valence-corrected chi connectivity index (χ1v) is 7.40. The Kier molecular flexibility index (Phi) is 5.73. The Hall–Kier alpha value is -3.35. The van der Waals surface area contributed by atoms with Crippen LogP contribution in [0.2, 0.25) is 0 Å². The lowest BCUT2D eigenvalue weighted by atomic mass is 10.1. The number of carbonyl (C=O) groups is 3. The van der Waals surface area contributed by atoms with Gasteiger partial charge in [0.1, 0.15) is 11.5 Å². The van der Waals surface area contributed by atoms with Gasteiger partial charge in [-0.1, -0.05) is 12.1 Å². The number of para-hydroxylation sites is 1. The molecule has 2 aromatic carbocycles. The number of ketones is 1. The van der Waals surface area contributed by atoms with Gasteiger partial charge in [0, 0.05) is 13.0 Å². The normalized spacial score (nSPS) is 9.88. The molecule has 0 fully saturated rings. The monoisotopic (exact) mass is 342 g/mol. The van der Waals surface area contributed by atoms with E-state index < -0.39 is 11.7 Å². The molecule has 7 heteroatoms. The largest absolute Gasteiger partial charge is 0.497 e. The lowest BCUT2D eigenvalue weighted by molar-refractivity contribution is -0.114. The van der Waals surface area contributed by atoms with E-state index in [0.29, 0.717) is 17.2 Å². The number of anilines is 2. The van der Waals surface area contributed by atoms with Crippen LogP contribution in [-0.4, -0.2) is 31.8 Å². The number of benzene rings is 2. The minimum atomic E-state index is -0.846. The molecule has 0 saturated carbocycles. The molecule has 0 atom stereocenters. The highest BCUT2D eigenvalue weighted by Crippen LogP contribution is 2.29. The maximum absolute atomic E-state index is 12.4. The predicted molar refractivity (Wildman–Crippen MR) is 93.3 cm³/mol. The van der Waals surface area contributed by atoms with E-state index in [2.05, 4.69) is 10.6 Å². The molecule has 0 spiro atoms. The molecular weight excluding hydrogens is 324 g/mol. The van der Waals surface area contributed by atoms with Crippen LogP contribution in [0.4, 0.5) is 11.4 Å². The van der Waals surface area contributed by atoms with E-state index >= 15 is 0 Å². The van der Waals surface area contributed by atoms with Crippen molar-refractivity contribution in [3.63, 3.8) is 0 Å². The fourth-order valence-electron chi connectivity index (χ4n) is 2.18. The highest BCUT2D eigenvalue weighted by molar-refractivity contribution is 6.47. The van der Waals surface area contributed by atoms with Gasteiger partial charge in [-0.05, 0) is 24.3 Å². The lowest BCUT2D eigenvalue weighted by Gasteiger charge is -2.12. The first kappa shape index (κ1) is 18.0. The van der Waals surface area contributed by atoms with Crippen molar-refractivity contribution in [2.24, 2.45) is 0 Å². The zero-order valence-corrected chi connectivity index (χ0v) is 14.1. The molecule has 0 bridgehead atoms. The third kappa shape index (κ3) is 4.35. The number of carbonyl (C=O) groups excluding carboxylic acids is 3. The number of hydrogen-bond acceptors (Lipinski definition) is 5. The standard InChI is InChI=1S/C18H18N2O5/c1-11(21)19-14-7-5-4-6-13(14)17(22)18(23)20-15-9-8-12(24-2)10-16(15)25-3/h4-10H,1-3H3,(H,19,21)(H,20,23).